The number of rotatable bonds is 4. The molecule has 0 bridgehead atoms. The van der Waals surface area contributed by atoms with Crippen molar-refractivity contribution < 1.29 is 14.3 Å². The van der Waals surface area contributed by atoms with E-state index >= 15 is 0 Å². The van der Waals surface area contributed by atoms with Crippen LogP contribution in [0.25, 0.3) is 0 Å². The van der Waals surface area contributed by atoms with E-state index in [9.17, 15) is 14.3 Å². The molecule has 4 nitrogen and oxygen atoms in total. The first kappa shape index (κ1) is 13.4. The van der Waals surface area contributed by atoms with Crippen LogP contribution in [-0.2, 0) is 0 Å². The molecule has 0 spiro atoms. The summed E-state index contributed by atoms with van der Waals surface area (Å²) >= 11 is 4.70. The van der Waals surface area contributed by atoms with Gasteiger partial charge in [-0.25, -0.2) is 4.39 Å². The lowest BCUT2D eigenvalue weighted by Crippen LogP contribution is -2.37. The van der Waals surface area contributed by atoms with Crippen LogP contribution in [0, 0.1) is 5.82 Å². The van der Waals surface area contributed by atoms with E-state index in [1.165, 1.54) is 17.0 Å². The van der Waals surface area contributed by atoms with Crippen LogP contribution in [-0.4, -0.2) is 34.0 Å². The lowest BCUT2D eigenvalue weighted by molar-refractivity contribution is 0.0780. The maximum absolute atomic E-state index is 13.5. The first-order valence-corrected chi connectivity index (χ1v) is 5.43. The third-order valence-electron chi connectivity index (χ3n) is 2.22. The van der Waals surface area contributed by atoms with Crippen molar-refractivity contribution >= 4 is 23.1 Å². The minimum Gasteiger partial charge on any atom is -0.507 e. The second kappa shape index (κ2) is 5.58. The molecule has 1 aromatic rings. The summed E-state index contributed by atoms with van der Waals surface area (Å²) in [5, 5.41) is 9.49. The van der Waals surface area contributed by atoms with Crippen molar-refractivity contribution in [3.63, 3.8) is 0 Å². The summed E-state index contributed by atoms with van der Waals surface area (Å²) in [6.07, 6.45) is 0. The number of phenolic OH excluding ortho intramolecular Hbond substituents is 1. The Morgan fingerprint density at radius 1 is 1.59 bits per heavy atom. The van der Waals surface area contributed by atoms with Crippen LogP contribution in [0.3, 0.4) is 0 Å². The maximum atomic E-state index is 13.5. The van der Waals surface area contributed by atoms with Crippen molar-refractivity contribution in [3.05, 3.63) is 29.6 Å². The third-order valence-corrected chi connectivity index (χ3v) is 2.35. The molecule has 17 heavy (non-hydrogen) atoms. The summed E-state index contributed by atoms with van der Waals surface area (Å²) in [5.74, 6) is -1.79. The molecule has 1 rings (SSSR count). The number of thiocarbonyl (C=S) groups is 1. The molecular formula is C11H13FN2O2S. The van der Waals surface area contributed by atoms with Crippen molar-refractivity contribution in [3.8, 4) is 5.75 Å². The van der Waals surface area contributed by atoms with Gasteiger partial charge < -0.3 is 15.7 Å². The molecular weight excluding hydrogens is 243 g/mol. The molecule has 1 aromatic carbocycles. The minimum atomic E-state index is -0.767. The average Bonchev–Trinajstić information content (AvgIpc) is 2.25. The standard InChI is InChI=1S/C11H13FN2O2S/c1-2-14(6-9(13)17)11(16)10-7(12)4-3-5-8(10)15/h3-5,15H,2,6H2,1H3,(H2,13,17). The van der Waals surface area contributed by atoms with E-state index in [1.807, 2.05) is 0 Å². The maximum Gasteiger partial charge on any atom is 0.260 e. The molecule has 0 unspecified atom stereocenters. The van der Waals surface area contributed by atoms with Gasteiger partial charge in [0, 0.05) is 6.54 Å². The Kier molecular flexibility index (Phi) is 4.39. The van der Waals surface area contributed by atoms with Gasteiger partial charge in [-0.2, -0.15) is 0 Å². The van der Waals surface area contributed by atoms with Crippen LogP contribution in [0.15, 0.2) is 18.2 Å². The molecule has 0 fully saturated rings. The van der Waals surface area contributed by atoms with E-state index in [0.717, 1.165) is 6.07 Å². The number of phenols is 1. The number of nitrogens with zero attached hydrogens (tertiary/aromatic N) is 1. The second-order valence-electron chi connectivity index (χ2n) is 3.42. The molecule has 0 aliphatic carbocycles. The Morgan fingerprint density at radius 2 is 2.24 bits per heavy atom. The smallest absolute Gasteiger partial charge is 0.260 e. The van der Waals surface area contributed by atoms with E-state index < -0.39 is 17.5 Å². The molecule has 0 saturated heterocycles. The van der Waals surface area contributed by atoms with Crippen molar-refractivity contribution in [1.29, 1.82) is 0 Å². The number of carbonyl (C=O) groups excluding carboxylic acids is 1. The van der Waals surface area contributed by atoms with Crippen molar-refractivity contribution in [2.24, 2.45) is 5.73 Å². The lowest BCUT2D eigenvalue weighted by atomic mass is 10.1. The highest BCUT2D eigenvalue weighted by Crippen LogP contribution is 2.21. The fourth-order valence-electron chi connectivity index (χ4n) is 1.40. The van der Waals surface area contributed by atoms with Crippen molar-refractivity contribution in [2.75, 3.05) is 13.1 Å². The molecule has 0 aliphatic heterocycles. The highest BCUT2D eigenvalue weighted by Gasteiger charge is 2.21. The monoisotopic (exact) mass is 256 g/mol. The van der Waals surface area contributed by atoms with Gasteiger partial charge in [-0.05, 0) is 19.1 Å². The zero-order valence-corrected chi connectivity index (χ0v) is 10.1. The molecule has 0 saturated carbocycles. The Labute approximate surface area is 104 Å². The molecule has 0 heterocycles. The number of aromatic hydroxyl groups is 1. The lowest BCUT2D eigenvalue weighted by Gasteiger charge is -2.20. The summed E-state index contributed by atoms with van der Waals surface area (Å²) in [6.45, 7) is 2.09. The number of nitrogens with two attached hydrogens (primary N) is 1. The number of hydrogen-bond donors (Lipinski definition) is 2. The summed E-state index contributed by atoms with van der Waals surface area (Å²) in [5.41, 5.74) is 4.99. The zero-order valence-electron chi connectivity index (χ0n) is 9.31. The van der Waals surface area contributed by atoms with Crippen LogP contribution >= 0.6 is 12.2 Å². The summed E-state index contributed by atoms with van der Waals surface area (Å²) < 4.78 is 13.5. The predicted molar refractivity (Wildman–Crippen MR) is 66.4 cm³/mol. The van der Waals surface area contributed by atoms with E-state index in [2.05, 4.69) is 0 Å². The van der Waals surface area contributed by atoms with E-state index in [-0.39, 0.29) is 17.1 Å². The molecule has 6 heteroatoms. The van der Waals surface area contributed by atoms with Crippen molar-refractivity contribution in [2.45, 2.75) is 6.92 Å². The Morgan fingerprint density at radius 3 is 2.71 bits per heavy atom. The molecule has 0 aromatic heterocycles. The van der Waals surface area contributed by atoms with Crippen molar-refractivity contribution in [1.82, 2.24) is 4.90 Å². The van der Waals surface area contributed by atoms with Gasteiger partial charge in [-0.1, -0.05) is 18.3 Å². The van der Waals surface area contributed by atoms with Gasteiger partial charge in [-0.3, -0.25) is 4.79 Å². The number of benzene rings is 1. The summed E-state index contributed by atoms with van der Waals surface area (Å²) in [6, 6.07) is 3.69. The quantitative estimate of drug-likeness (QED) is 0.796. The van der Waals surface area contributed by atoms with Crippen LogP contribution in [0.4, 0.5) is 4.39 Å². The van der Waals surface area contributed by atoms with Crippen LogP contribution in [0.5, 0.6) is 5.75 Å². The number of carbonyl (C=O) groups is 1. The highest BCUT2D eigenvalue weighted by molar-refractivity contribution is 7.80. The van der Waals surface area contributed by atoms with Crippen LogP contribution in [0.1, 0.15) is 17.3 Å². The van der Waals surface area contributed by atoms with Gasteiger partial charge in [0.15, 0.2) is 0 Å². The number of likely N-dealkylation sites (N-methyl/N-ethyl adjacent to an activating group) is 1. The SMILES string of the molecule is CCN(CC(N)=S)C(=O)c1c(O)cccc1F. The Bertz CT molecular complexity index is 431. The van der Waals surface area contributed by atoms with Crippen LogP contribution < -0.4 is 5.73 Å². The number of hydrogen-bond acceptors (Lipinski definition) is 3. The third kappa shape index (κ3) is 3.13. The Hall–Kier alpha value is -1.69. The normalized spacial score (nSPS) is 10.0. The van der Waals surface area contributed by atoms with E-state index in [1.54, 1.807) is 6.92 Å². The van der Waals surface area contributed by atoms with Gasteiger partial charge in [0.1, 0.15) is 17.1 Å². The molecule has 0 aliphatic rings. The zero-order chi connectivity index (χ0) is 13.0. The van der Waals surface area contributed by atoms with Gasteiger partial charge in [-0.15, -0.1) is 0 Å². The minimum absolute atomic E-state index is 0.0540. The topological polar surface area (TPSA) is 66.6 Å². The second-order valence-corrected chi connectivity index (χ2v) is 3.94. The highest BCUT2D eigenvalue weighted by atomic mass is 32.1. The van der Waals surface area contributed by atoms with Crippen LogP contribution in [0.2, 0.25) is 0 Å². The fraction of sp³-hybridized carbons (Fsp3) is 0.273. The van der Waals surface area contributed by atoms with Gasteiger partial charge >= 0.3 is 0 Å². The first-order chi connectivity index (χ1) is 7.97. The fourth-order valence-corrected chi connectivity index (χ4v) is 1.55. The van der Waals surface area contributed by atoms with Gasteiger partial charge in [0.2, 0.25) is 0 Å². The molecule has 0 atom stereocenters. The van der Waals surface area contributed by atoms with Gasteiger partial charge in [0.25, 0.3) is 5.91 Å². The predicted octanol–water partition coefficient (Wildman–Crippen LogP) is 1.28. The van der Waals surface area contributed by atoms with Gasteiger partial charge in [0.05, 0.1) is 11.5 Å². The first-order valence-electron chi connectivity index (χ1n) is 5.02. The largest absolute Gasteiger partial charge is 0.507 e. The number of halogens is 1. The van der Waals surface area contributed by atoms with E-state index in [0.29, 0.717) is 6.54 Å². The molecule has 92 valence electrons. The number of amides is 1. The Balaban J connectivity index is 3.06. The summed E-state index contributed by atoms with van der Waals surface area (Å²) in [4.78, 5) is 13.4. The average molecular weight is 256 g/mol. The van der Waals surface area contributed by atoms with E-state index in [4.69, 9.17) is 18.0 Å². The molecule has 0 radical (unpaired) electrons. The molecule has 3 N–H and O–H groups in total. The molecule has 1 amide bonds. The summed E-state index contributed by atoms with van der Waals surface area (Å²) in [7, 11) is 0.